The maximum Gasteiger partial charge on any atom is 0.417 e. The lowest BCUT2D eigenvalue weighted by Gasteiger charge is -2.32. The summed E-state index contributed by atoms with van der Waals surface area (Å²) >= 11 is 0. The minimum absolute atomic E-state index is 0.00121. The Balaban J connectivity index is 1.40. The van der Waals surface area contributed by atoms with E-state index in [4.69, 9.17) is 16.2 Å². The second-order valence-electron chi connectivity index (χ2n) is 10.6. The average Bonchev–Trinajstić information content (AvgIpc) is 3.27. The highest BCUT2D eigenvalue weighted by Crippen LogP contribution is 2.44. The number of rotatable bonds is 8. The molecular weight excluding hydrogens is 502 g/mol. The van der Waals surface area contributed by atoms with Crippen molar-refractivity contribution in [2.75, 3.05) is 6.61 Å². The molecule has 40 heavy (non-hydrogen) atoms. The van der Waals surface area contributed by atoms with Crippen LogP contribution in [0.2, 0.25) is 0 Å². The molecule has 204 valence electrons. The quantitative estimate of drug-likeness (QED) is 0.330. The number of benzene rings is 4. The fourth-order valence-electron chi connectivity index (χ4n) is 5.73. The van der Waals surface area contributed by atoms with E-state index in [-0.39, 0.29) is 18.9 Å². The predicted octanol–water partition coefficient (Wildman–Crippen LogP) is 5.00. The molecule has 0 aromatic heterocycles. The van der Waals surface area contributed by atoms with Crippen molar-refractivity contribution in [2.24, 2.45) is 17.4 Å². The Bertz CT molecular complexity index is 1530. The van der Waals surface area contributed by atoms with Crippen molar-refractivity contribution in [3.63, 3.8) is 0 Å². The SMILES string of the molecule is CC(C)[C@H](C(N)=O)N(C(=O)OCC1c2ccccc2-c2ccccc21)C(=O)C(N)Cc1cccc2ccccc12. The number of hydrogen-bond acceptors (Lipinski definition) is 5. The van der Waals surface area contributed by atoms with E-state index in [1.165, 1.54) is 0 Å². The number of hydrogen-bond donors (Lipinski definition) is 2. The number of nitrogens with zero attached hydrogens (tertiary/aromatic N) is 1. The summed E-state index contributed by atoms with van der Waals surface area (Å²) in [7, 11) is 0. The van der Waals surface area contributed by atoms with Gasteiger partial charge in [0.1, 0.15) is 12.6 Å². The first kappa shape index (κ1) is 27.1. The number of carbonyl (C=O) groups excluding carboxylic acids is 3. The van der Waals surface area contributed by atoms with Gasteiger partial charge < -0.3 is 16.2 Å². The van der Waals surface area contributed by atoms with Gasteiger partial charge in [-0.1, -0.05) is 105 Å². The van der Waals surface area contributed by atoms with Crippen molar-refractivity contribution in [2.45, 2.75) is 38.3 Å². The Hall–Kier alpha value is -4.49. The molecule has 0 radical (unpaired) electrons. The summed E-state index contributed by atoms with van der Waals surface area (Å²) in [6, 6.07) is 27.2. The zero-order valence-electron chi connectivity index (χ0n) is 22.6. The molecule has 0 aliphatic heterocycles. The number of nitrogens with two attached hydrogens (primary N) is 2. The Morgan fingerprint density at radius 1 is 0.825 bits per heavy atom. The van der Waals surface area contributed by atoms with Crippen LogP contribution in [0.1, 0.15) is 36.5 Å². The monoisotopic (exact) mass is 535 g/mol. The van der Waals surface area contributed by atoms with Crippen LogP contribution >= 0.6 is 0 Å². The molecule has 7 heteroatoms. The van der Waals surface area contributed by atoms with Gasteiger partial charge in [0.2, 0.25) is 11.8 Å². The lowest BCUT2D eigenvalue weighted by atomic mass is 9.97. The van der Waals surface area contributed by atoms with Gasteiger partial charge in [-0.2, -0.15) is 0 Å². The lowest BCUT2D eigenvalue weighted by Crippen LogP contribution is -2.58. The maximum absolute atomic E-state index is 13.8. The normalized spacial score (nSPS) is 13.9. The standard InChI is InChI=1S/C33H33N3O4/c1-20(2)30(31(35)37)36(32(38)29(34)18-22-12-9-11-21-10-3-4-13-23(21)22)33(39)40-19-28-26-16-7-5-14-24(26)25-15-6-8-17-27(25)28/h3-17,20,28-30H,18-19,34H2,1-2H3,(H2,35,37)/t29?,30-/m1/s1. The van der Waals surface area contributed by atoms with Gasteiger partial charge in [-0.3, -0.25) is 9.59 Å². The maximum atomic E-state index is 13.8. The Morgan fingerprint density at radius 3 is 2.02 bits per heavy atom. The molecule has 4 aromatic rings. The molecule has 0 saturated carbocycles. The molecule has 1 aliphatic rings. The van der Waals surface area contributed by atoms with E-state index in [1.54, 1.807) is 13.8 Å². The first-order valence-corrected chi connectivity index (χ1v) is 13.5. The average molecular weight is 536 g/mol. The molecule has 3 amide bonds. The second-order valence-corrected chi connectivity index (χ2v) is 10.6. The third-order valence-corrected chi connectivity index (χ3v) is 7.61. The Labute approximate surface area is 233 Å². The summed E-state index contributed by atoms with van der Waals surface area (Å²) in [4.78, 5) is 40.7. The minimum Gasteiger partial charge on any atom is -0.448 e. The van der Waals surface area contributed by atoms with Gasteiger partial charge >= 0.3 is 6.09 Å². The molecule has 0 bridgehead atoms. The molecule has 0 spiro atoms. The van der Waals surface area contributed by atoms with Crippen molar-refractivity contribution in [1.29, 1.82) is 0 Å². The summed E-state index contributed by atoms with van der Waals surface area (Å²) in [5.74, 6) is -2.15. The highest BCUT2D eigenvalue weighted by atomic mass is 16.6. The molecule has 1 unspecified atom stereocenters. The zero-order valence-corrected chi connectivity index (χ0v) is 22.6. The molecule has 5 rings (SSSR count). The summed E-state index contributed by atoms with van der Waals surface area (Å²) in [5, 5.41) is 1.99. The van der Waals surface area contributed by atoms with Crippen LogP contribution in [0.15, 0.2) is 91.0 Å². The van der Waals surface area contributed by atoms with Crippen LogP contribution in [0.25, 0.3) is 21.9 Å². The van der Waals surface area contributed by atoms with E-state index < -0.39 is 35.9 Å². The van der Waals surface area contributed by atoms with E-state index in [0.29, 0.717) is 0 Å². The summed E-state index contributed by atoms with van der Waals surface area (Å²) in [6.45, 7) is 3.45. The van der Waals surface area contributed by atoms with Gasteiger partial charge in [-0.25, -0.2) is 9.69 Å². The number of imide groups is 1. The topological polar surface area (TPSA) is 116 Å². The zero-order chi connectivity index (χ0) is 28.4. The van der Waals surface area contributed by atoms with Gasteiger partial charge in [-0.15, -0.1) is 0 Å². The van der Waals surface area contributed by atoms with Crippen molar-refractivity contribution < 1.29 is 19.1 Å². The second kappa shape index (κ2) is 11.3. The molecule has 1 aliphatic carbocycles. The molecule has 4 N–H and O–H groups in total. The van der Waals surface area contributed by atoms with Crippen LogP contribution in [0, 0.1) is 5.92 Å². The minimum atomic E-state index is -1.21. The van der Waals surface area contributed by atoms with E-state index in [0.717, 1.165) is 43.5 Å². The molecule has 0 fully saturated rings. The van der Waals surface area contributed by atoms with Crippen LogP contribution in [-0.2, 0) is 20.7 Å². The molecule has 2 atom stereocenters. The van der Waals surface area contributed by atoms with Crippen molar-refractivity contribution in [1.82, 2.24) is 4.90 Å². The van der Waals surface area contributed by atoms with Crippen molar-refractivity contribution >= 4 is 28.7 Å². The smallest absolute Gasteiger partial charge is 0.417 e. The first-order valence-electron chi connectivity index (χ1n) is 13.5. The van der Waals surface area contributed by atoms with E-state index >= 15 is 0 Å². The molecule has 0 heterocycles. The number of carbonyl (C=O) groups is 3. The van der Waals surface area contributed by atoms with Crippen molar-refractivity contribution in [3.8, 4) is 11.1 Å². The number of amides is 3. The highest BCUT2D eigenvalue weighted by Gasteiger charge is 2.40. The molecule has 0 saturated heterocycles. The Kier molecular flexibility index (Phi) is 7.67. The predicted molar refractivity (Wildman–Crippen MR) is 155 cm³/mol. The molecular formula is C33H33N3O4. The Morgan fingerprint density at radius 2 is 1.40 bits per heavy atom. The van der Waals surface area contributed by atoms with Crippen LogP contribution < -0.4 is 11.5 Å². The van der Waals surface area contributed by atoms with Gasteiger partial charge in [0, 0.05) is 5.92 Å². The fraction of sp³-hybridized carbons (Fsp3) is 0.242. The first-order chi connectivity index (χ1) is 19.3. The third kappa shape index (κ3) is 5.08. The van der Waals surface area contributed by atoms with Gasteiger partial charge in [0.25, 0.3) is 0 Å². The van der Waals surface area contributed by atoms with E-state index in [2.05, 4.69) is 0 Å². The number of ether oxygens (including phenoxy) is 1. The summed E-state index contributed by atoms with van der Waals surface area (Å²) < 4.78 is 5.78. The third-order valence-electron chi connectivity index (χ3n) is 7.61. The summed E-state index contributed by atoms with van der Waals surface area (Å²) in [6.07, 6.45) is -0.755. The van der Waals surface area contributed by atoms with Crippen LogP contribution in [0.3, 0.4) is 0 Å². The lowest BCUT2D eigenvalue weighted by molar-refractivity contribution is -0.139. The molecule has 4 aromatic carbocycles. The largest absolute Gasteiger partial charge is 0.448 e. The molecule has 7 nitrogen and oxygen atoms in total. The van der Waals surface area contributed by atoms with Gasteiger partial charge in [0.05, 0.1) is 6.04 Å². The fourth-order valence-corrected chi connectivity index (χ4v) is 5.73. The van der Waals surface area contributed by atoms with E-state index in [1.807, 2.05) is 91.0 Å². The van der Waals surface area contributed by atoms with E-state index in [9.17, 15) is 14.4 Å². The summed E-state index contributed by atoms with van der Waals surface area (Å²) in [5.41, 5.74) is 17.2. The number of primary amides is 1. The number of fused-ring (bicyclic) bond motifs is 4. The van der Waals surface area contributed by atoms with Crippen LogP contribution in [0.5, 0.6) is 0 Å². The van der Waals surface area contributed by atoms with Crippen LogP contribution in [0.4, 0.5) is 4.79 Å². The van der Waals surface area contributed by atoms with Gasteiger partial charge in [0.15, 0.2) is 0 Å². The van der Waals surface area contributed by atoms with Crippen LogP contribution in [-0.4, -0.2) is 41.5 Å². The van der Waals surface area contributed by atoms with Gasteiger partial charge in [-0.05, 0) is 50.9 Å². The highest BCUT2D eigenvalue weighted by molar-refractivity contribution is 6.00. The van der Waals surface area contributed by atoms with Crippen molar-refractivity contribution in [3.05, 3.63) is 108 Å².